The van der Waals surface area contributed by atoms with Crippen molar-refractivity contribution in [2.24, 2.45) is 0 Å². The van der Waals surface area contributed by atoms with Gasteiger partial charge in [0.25, 0.3) is 0 Å². The molecule has 1 heterocycles. The van der Waals surface area contributed by atoms with Crippen LogP contribution in [0, 0.1) is 0 Å². The smallest absolute Gasteiger partial charge is 0.334 e. The predicted molar refractivity (Wildman–Crippen MR) is 97.0 cm³/mol. The molecule has 0 atom stereocenters. The molecule has 27 heavy (non-hydrogen) atoms. The second kappa shape index (κ2) is 9.03. The maximum Gasteiger partial charge on any atom is 0.416 e. The van der Waals surface area contributed by atoms with Gasteiger partial charge in [0.1, 0.15) is 5.82 Å². The van der Waals surface area contributed by atoms with Gasteiger partial charge in [-0.1, -0.05) is 19.1 Å². The number of rotatable bonds is 8. The summed E-state index contributed by atoms with van der Waals surface area (Å²) in [5, 5.41) is 0. The fourth-order valence-electron chi connectivity index (χ4n) is 2.69. The summed E-state index contributed by atoms with van der Waals surface area (Å²) in [5.74, 6) is 0.665. The molecule has 1 aromatic heterocycles. The van der Waals surface area contributed by atoms with E-state index in [1.54, 1.807) is 34.9 Å². The van der Waals surface area contributed by atoms with Crippen LogP contribution >= 0.6 is 0 Å². The predicted octanol–water partition coefficient (Wildman–Crippen LogP) is 3.25. The third kappa shape index (κ3) is 6.09. The minimum atomic E-state index is -4.37. The number of hydrogen-bond donors (Lipinski definition) is 0. The normalized spacial score (nSPS) is 11.8. The molecule has 0 spiro atoms. The van der Waals surface area contributed by atoms with Crippen LogP contribution in [-0.2, 0) is 24.1 Å². The number of aromatic nitrogens is 2. The monoisotopic (exact) mass is 382 g/mol. The van der Waals surface area contributed by atoms with E-state index in [9.17, 15) is 18.0 Å². The number of imidazole rings is 1. The highest BCUT2D eigenvalue weighted by atomic mass is 19.4. The first-order valence-corrected chi connectivity index (χ1v) is 8.79. The van der Waals surface area contributed by atoms with Crippen molar-refractivity contribution in [3.63, 3.8) is 0 Å². The molecule has 0 aliphatic heterocycles. The van der Waals surface area contributed by atoms with Gasteiger partial charge >= 0.3 is 6.18 Å². The summed E-state index contributed by atoms with van der Waals surface area (Å²) >= 11 is 0. The molecular weight excluding hydrogens is 357 g/mol. The van der Waals surface area contributed by atoms with E-state index in [1.165, 1.54) is 6.07 Å². The van der Waals surface area contributed by atoms with Gasteiger partial charge in [0.2, 0.25) is 5.91 Å². The molecule has 0 unspecified atom stereocenters. The van der Waals surface area contributed by atoms with Gasteiger partial charge in [-0.05, 0) is 31.8 Å². The van der Waals surface area contributed by atoms with Gasteiger partial charge in [0.15, 0.2) is 0 Å². The summed E-state index contributed by atoms with van der Waals surface area (Å²) in [6.07, 6.45) is -0.661. The van der Waals surface area contributed by atoms with Crippen molar-refractivity contribution in [1.82, 2.24) is 19.4 Å². The maximum absolute atomic E-state index is 12.9. The average Bonchev–Trinajstić information content (AvgIpc) is 3.04. The van der Waals surface area contributed by atoms with E-state index in [4.69, 9.17) is 0 Å². The third-order valence-electron chi connectivity index (χ3n) is 4.21. The molecule has 2 rings (SSSR count). The lowest BCUT2D eigenvalue weighted by Gasteiger charge is -2.24. The molecule has 0 radical (unpaired) electrons. The average molecular weight is 382 g/mol. The lowest BCUT2D eigenvalue weighted by atomic mass is 10.1. The summed E-state index contributed by atoms with van der Waals surface area (Å²) in [7, 11) is 3.87. The van der Waals surface area contributed by atoms with Gasteiger partial charge in [-0.15, -0.1) is 0 Å². The van der Waals surface area contributed by atoms with E-state index in [-0.39, 0.29) is 12.5 Å². The number of carbonyl (C=O) groups excluding carboxylic acids is 1. The molecule has 1 aromatic carbocycles. The fraction of sp³-hybridized carbons (Fsp3) is 0.474. The second-order valence-corrected chi connectivity index (χ2v) is 6.64. The topological polar surface area (TPSA) is 41.4 Å². The second-order valence-electron chi connectivity index (χ2n) is 6.64. The van der Waals surface area contributed by atoms with Crippen LogP contribution in [0.15, 0.2) is 36.7 Å². The van der Waals surface area contributed by atoms with Crippen LogP contribution < -0.4 is 0 Å². The number of carbonyl (C=O) groups is 1. The zero-order valence-electron chi connectivity index (χ0n) is 15.8. The number of hydrogen-bond acceptors (Lipinski definition) is 3. The van der Waals surface area contributed by atoms with E-state index >= 15 is 0 Å². The molecule has 0 aliphatic rings. The molecule has 0 N–H and O–H groups in total. The summed E-state index contributed by atoms with van der Waals surface area (Å²) in [5.41, 5.74) is -0.138. The minimum Gasteiger partial charge on any atom is -0.334 e. The van der Waals surface area contributed by atoms with Crippen LogP contribution in [0.5, 0.6) is 0 Å². The molecule has 0 fully saturated rings. The quantitative estimate of drug-likeness (QED) is 0.704. The number of alkyl halides is 3. The Morgan fingerprint density at radius 2 is 1.96 bits per heavy atom. The van der Waals surface area contributed by atoms with Crippen LogP contribution in [0.1, 0.15) is 30.3 Å². The molecule has 0 aliphatic carbocycles. The standard InChI is InChI=1S/C19H25F3N4O/c1-4-18(27)26(11-10-24(2)3)14-17-23-8-9-25(17)13-15-6-5-7-16(12-15)19(20,21)22/h5-9,12H,4,10-11,13-14H2,1-3H3. The van der Waals surface area contributed by atoms with Crippen molar-refractivity contribution >= 4 is 5.91 Å². The van der Waals surface area contributed by atoms with Gasteiger partial charge < -0.3 is 14.4 Å². The van der Waals surface area contributed by atoms with E-state index in [0.717, 1.165) is 18.7 Å². The lowest BCUT2D eigenvalue weighted by molar-refractivity contribution is -0.137. The number of likely N-dealkylation sites (N-methyl/N-ethyl adjacent to an activating group) is 1. The number of benzene rings is 1. The van der Waals surface area contributed by atoms with Crippen LogP contribution in [0.4, 0.5) is 13.2 Å². The van der Waals surface area contributed by atoms with Gasteiger partial charge in [-0.3, -0.25) is 4.79 Å². The van der Waals surface area contributed by atoms with E-state index < -0.39 is 11.7 Å². The van der Waals surface area contributed by atoms with Crippen molar-refractivity contribution in [3.05, 3.63) is 53.6 Å². The molecule has 5 nitrogen and oxygen atoms in total. The highest BCUT2D eigenvalue weighted by Crippen LogP contribution is 2.29. The van der Waals surface area contributed by atoms with Crippen molar-refractivity contribution in [3.8, 4) is 0 Å². The van der Waals surface area contributed by atoms with E-state index in [2.05, 4.69) is 4.98 Å². The van der Waals surface area contributed by atoms with Crippen molar-refractivity contribution in [1.29, 1.82) is 0 Å². The fourth-order valence-corrected chi connectivity index (χ4v) is 2.69. The van der Waals surface area contributed by atoms with Crippen LogP contribution in [0.3, 0.4) is 0 Å². The molecule has 148 valence electrons. The first-order chi connectivity index (χ1) is 12.7. The number of halogens is 3. The van der Waals surface area contributed by atoms with Crippen LogP contribution in [0.2, 0.25) is 0 Å². The molecule has 8 heteroatoms. The van der Waals surface area contributed by atoms with Crippen molar-refractivity contribution in [2.75, 3.05) is 27.2 Å². The third-order valence-corrected chi connectivity index (χ3v) is 4.21. The maximum atomic E-state index is 12.9. The minimum absolute atomic E-state index is 0.0190. The van der Waals surface area contributed by atoms with Crippen LogP contribution in [0.25, 0.3) is 0 Å². The van der Waals surface area contributed by atoms with Crippen molar-refractivity contribution in [2.45, 2.75) is 32.6 Å². The molecule has 1 amide bonds. The van der Waals surface area contributed by atoms with E-state index in [0.29, 0.717) is 30.9 Å². The molecule has 0 saturated carbocycles. The van der Waals surface area contributed by atoms with Gasteiger partial charge in [0.05, 0.1) is 12.1 Å². The van der Waals surface area contributed by atoms with Gasteiger partial charge in [-0.2, -0.15) is 13.2 Å². The Kier molecular flexibility index (Phi) is 7.01. The lowest BCUT2D eigenvalue weighted by Crippen LogP contribution is -2.36. The molecular formula is C19H25F3N4O. The zero-order valence-corrected chi connectivity index (χ0v) is 15.8. The first kappa shape index (κ1) is 21.0. The summed E-state index contributed by atoms with van der Waals surface area (Å²) in [4.78, 5) is 20.2. The van der Waals surface area contributed by atoms with Crippen molar-refractivity contribution < 1.29 is 18.0 Å². The summed E-state index contributed by atoms with van der Waals surface area (Å²) in [6.45, 7) is 3.68. The molecule has 0 bridgehead atoms. The van der Waals surface area contributed by atoms with Crippen LogP contribution in [-0.4, -0.2) is 52.4 Å². The number of amides is 1. The molecule has 0 saturated heterocycles. The highest BCUT2D eigenvalue weighted by Gasteiger charge is 2.30. The SMILES string of the molecule is CCC(=O)N(CCN(C)C)Cc1nccn1Cc1cccc(C(F)(F)F)c1. The summed E-state index contributed by atoms with van der Waals surface area (Å²) < 4.78 is 40.5. The Morgan fingerprint density at radius 3 is 2.59 bits per heavy atom. The Labute approximate surface area is 157 Å². The Bertz CT molecular complexity index is 755. The Hall–Kier alpha value is -2.35. The molecule has 2 aromatic rings. The summed E-state index contributed by atoms with van der Waals surface area (Å²) in [6, 6.07) is 5.25. The number of nitrogens with zero attached hydrogens (tertiary/aromatic N) is 4. The first-order valence-electron chi connectivity index (χ1n) is 8.79. The van der Waals surface area contributed by atoms with Gasteiger partial charge in [0, 0.05) is 38.4 Å². The highest BCUT2D eigenvalue weighted by molar-refractivity contribution is 5.75. The Morgan fingerprint density at radius 1 is 1.22 bits per heavy atom. The Balaban J connectivity index is 2.16. The van der Waals surface area contributed by atoms with Gasteiger partial charge in [-0.25, -0.2) is 4.98 Å². The zero-order chi connectivity index (χ0) is 20.0. The largest absolute Gasteiger partial charge is 0.416 e. The van der Waals surface area contributed by atoms with E-state index in [1.807, 2.05) is 19.0 Å².